The Morgan fingerprint density at radius 3 is 2.67 bits per heavy atom. The molecule has 0 heterocycles. The minimum Gasteiger partial charge on any atom is -0.396 e. The Kier molecular flexibility index (Phi) is 9.92. The van der Waals surface area contributed by atoms with Crippen LogP contribution in [0.5, 0.6) is 0 Å². The van der Waals surface area contributed by atoms with E-state index >= 15 is 0 Å². The first-order valence-corrected chi connectivity index (χ1v) is 6.59. The Morgan fingerprint density at radius 1 is 1.33 bits per heavy atom. The third-order valence-corrected chi connectivity index (χ3v) is 2.75. The quantitative estimate of drug-likeness (QED) is 0.474. The highest BCUT2D eigenvalue weighted by Gasteiger charge is 2.16. The normalized spacial score (nSPS) is 11.6. The first kappa shape index (κ1) is 17.4. The van der Waals surface area contributed by atoms with Gasteiger partial charge in [0, 0.05) is 33.4 Å². The summed E-state index contributed by atoms with van der Waals surface area (Å²) < 4.78 is 4.90. The van der Waals surface area contributed by atoms with Crippen LogP contribution in [-0.4, -0.2) is 51.0 Å². The van der Waals surface area contributed by atoms with Crippen molar-refractivity contribution in [1.82, 2.24) is 10.6 Å². The lowest BCUT2D eigenvalue weighted by atomic mass is 9.88. The fourth-order valence-electron chi connectivity index (χ4n) is 1.67. The molecule has 0 fully saturated rings. The molecule has 0 aliphatic heterocycles. The van der Waals surface area contributed by atoms with Crippen LogP contribution in [-0.2, 0) is 9.53 Å². The molecule has 0 spiro atoms. The summed E-state index contributed by atoms with van der Waals surface area (Å²) in [7, 11) is 1.65. The summed E-state index contributed by atoms with van der Waals surface area (Å²) in [5.41, 5.74) is 0.110. The molecule has 0 aromatic rings. The van der Waals surface area contributed by atoms with Crippen LogP contribution in [0.3, 0.4) is 0 Å². The van der Waals surface area contributed by atoms with Crippen molar-refractivity contribution in [3.8, 4) is 0 Å². The average Bonchev–Trinajstić information content (AvgIpc) is 2.32. The van der Waals surface area contributed by atoms with Crippen molar-refractivity contribution in [2.24, 2.45) is 5.41 Å². The maximum absolute atomic E-state index is 11.5. The van der Waals surface area contributed by atoms with Gasteiger partial charge in [0.05, 0.1) is 6.54 Å². The van der Waals surface area contributed by atoms with Gasteiger partial charge in [-0.3, -0.25) is 4.79 Å². The molecule has 5 heteroatoms. The van der Waals surface area contributed by atoms with Crippen molar-refractivity contribution >= 4 is 5.91 Å². The van der Waals surface area contributed by atoms with Gasteiger partial charge in [-0.2, -0.15) is 0 Å². The number of ether oxygens (including phenoxy) is 1. The summed E-state index contributed by atoms with van der Waals surface area (Å²) in [5.74, 6) is 0.0176. The second-order valence-electron chi connectivity index (χ2n) is 5.29. The van der Waals surface area contributed by atoms with E-state index < -0.39 is 0 Å². The molecule has 18 heavy (non-hydrogen) atoms. The summed E-state index contributed by atoms with van der Waals surface area (Å²) >= 11 is 0. The number of aliphatic hydroxyl groups is 1. The minimum absolute atomic E-state index is 0.0176. The molecule has 5 nitrogen and oxygen atoms in total. The third kappa shape index (κ3) is 10.5. The Balaban J connectivity index is 3.54. The van der Waals surface area contributed by atoms with Crippen LogP contribution in [0.25, 0.3) is 0 Å². The van der Waals surface area contributed by atoms with Gasteiger partial charge < -0.3 is 20.5 Å². The molecule has 0 rings (SSSR count). The molecular formula is C13H28N2O3. The predicted octanol–water partition coefficient (Wildman–Crippen LogP) is 0.527. The molecular weight excluding hydrogens is 232 g/mol. The van der Waals surface area contributed by atoms with Gasteiger partial charge in [0.15, 0.2) is 0 Å². The van der Waals surface area contributed by atoms with E-state index in [2.05, 4.69) is 24.5 Å². The molecule has 0 aliphatic rings. The molecule has 0 aromatic heterocycles. The highest BCUT2D eigenvalue weighted by Crippen LogP contribution is 2.20. The number of amides is 1. The number of nitrogens with one attached hydrogen (secondary N) is 2. The molecule has 108 valence electrons. The van der Waals surface area contributed by atoms with Gasteiger partial charge in [-0.25, -0.2) is 0 Å². The summed E-state index contributed by atoms with van der Waals surface area (Å²) in [4.78, 5) is 11.5. The molecule has 0 saturated heterocycles. The summed E-state index contributed by atoms with van der Waals surface area (Å²) in [6.45, 7) is 6.93. The highest BCUT2D eigenvalue weighted by molar-refractivity contribution is 5.77. The SMILES string of the molecule is COCCCNC(=O)CNCC(C)(C)CCCO. The van der Waals surface area contributed by atoms with Crippen molar-refractivity contribution in [3.63, 3.8) is 0 Å². The van der Waals surface area contributed by atoms with Gasteiger partial charge >= 0.3 is 0 Å². The molecule has 0 bridgehead atoms. The van der Waals surface area contributed by atoms with Crippen LogP contribution in [0.2, 0.25) is 0 Å². The van der Waals surface area contributed by atoms with E-state index in [9.17, 15) is 4.79 Å². The van der Waals surface area contributed by atoms with Gasteiger partial charge in [-0.05, 0) is 24.7 Å². The van der Waals surface area contributed by atoms with E-state index in [-0.39, 0.29) is 17.9 Å². The van der Waals surface area contributed by atoms with E-state index in [4.69, 9.17) is 9.84 Å². The van der Waals surface area contributed by atoms with E-state index in [1.54, 1.807) is 7.11 Å². The van der Waals surface area contributed by atoms with Gasteiger partial charge in [-0.15, -0.1) is 0 Å². The zero-order valence-corrected chi connectivity index (χ0v) is 11.9. The van der Waals surface area contributed by atoms with E-state index in [1.807, 2.05) is 0 Å². The third-order valence-electron chi connectivity index (χ3n) is 2.75. The molecule has 0 aliphatic carbocycles. The number of carbonyl (C=O) groups excluding carboxylic acids is 1. The number of aliphatic hydroxyl groups excluding tert-OH is 1. The number of carbonyl (C=O) groups is 1. The Labute approximate surface area is 110 Å². The number of hydrogen-bond donors (Lipinski definition) is 3. The second kappa shape index (κ2) is 10.3. The van der Waals surface area contributed by atoms with Crippen molar-refractivity contribution in [2.75, 3.05) is 40.0 Å². The van der Waals surface area contributed by atoms with Crippen LogP contribution in [0.4, 0.5) is 0 Å². The van der Waals surface area contributed by atoms with Crippen LogP contribution >= 0.6 is 0 Å². The molecule has 0 atom stereocenters. The number of hydrogen-bond acceptors (Lipinski definition) is 4. The molecule has 0 saturated carbocycles. The molecule has 0 radical (unpaired) electrons. The maximum atomic E-state index is 11.5. The number of rotatable bonds is 11. The summed E-state index contributed by atoms with van der Waals surface area (Å²) in [6, 6.07) is 0. The van der Waals surface area contributed by atoms with Crippen molar-refractivity contribution in [2.45, 2.75) is 33.1 Å². The predicted molar refractivity (Wildman–Crippen MR) is 72.5 cm³/mol. The fraction of sp³-hybridized carbons (Fsp3) is 0.923. The second-order valence-corrected chi connectivity index (χ2v) is 5.29. The Morgan fingerprint density at radius 2 is 2.06 bits per heavy atom. The minimum atomic E-state index is 0.0176. The van der Waals surface area contributed by atoms with Crippen LogP contribution < -0.4 is 10.6 Å². The van der Waals surface area contributed by atoms with E-state index in [1.165, 1.54) is 0 Å². The topological polar surface area (TPSA) is 70.6 Å². The number of methoxy groups -OCH3 is 1. The zero-order valence-electron chi connectivity index (χ0n) is 11.9. The van der Waals surface area contributed by atoms with Gasteiger partial charge in [0.1, 0.15) is 0 Å². The molecule has 3 N–H and O–H groups in total. The lowest BCUT2D eigenvalue weighted by Crippen LogP contribution is -2.38. The smallest absolute Gasteiger partial charge is 0.233 e. The molecule has 1 amide bonds. The van der Waals surface area contributed by atoms with Gasteiger partial charge in [0.2, 0.25) is 5.91 Å². The lowest BCUT2D eigenvalue weighted by Gasteiger charge is -2.24. The average molecular weight is 260 g/mol. The van der Waals surface area contributed by atoms with Gasteiger partial charge in [0.25, 0.3) is 0 Å². The lowest BCUT2D eigenvalue weighted by molar-refractivity contribution is -0.120. The Hall–Kier alpha value is -0.650. The highest BCUT2D eigenvalue weighted by atomic mass is 16.5. The van der Waals surface area contributed by atoms with E-state index in [0.717, 1.165) is 25.8 Å². The van der Waals surface area contributed by atoms with Crippen LogP contribution in [0.15, 0.2) is 0 Å². The molecule has 0 unspecified atom stereocenters. The Bertz CT molecular complexity index is 220. The van der Waals surface area contributed by atoms with E-state index in [0.29, 0.717) is 19.7 Å². The standard InChI is InChI=1S/C13H28N2O3/c1-13(2,6-4-8-16)11-14-10-12(17)15-7-5-9-18-3/h14,16H,4-11H2,1-3H3,(H,15,17). The monoisotopic (exact) mass is 260 g/mol. The molecule has 0 aromatic carbocycles. The maximum Gasteiger partial charge on any atom is 0.233 e. The first-order chi connectivity index (χ1) is 8.52. The summed E-state index contributed by atoms with van der Waals surface area (Å²) in [5, 5.41) is 14.8. The summed E-state index contributed by atoms with van der Waals surface area (Å²) in [6.07, 6.45) is 2.59. The van der Waals surface area contributed by atoms with Crippen LogP contribution in [0, 0.1) is 5.41 Å². The zero-order chi connectivity index (χ0) is 13.9. The largest absolute Gasteiger partial charge is 0.396 e. The van der Waals surface area contributed by atoms with Crippen molar-refractivity contribution < 1.29 is 14.6 Å². The van der Waals surface area contributed by atoms with Crippen LogP contribution in [0.1, 0.15) is 33.1 Å². The van der Waals surface area contributed by atoms with Crippen molar-refractivity contribution in [1.29, 1.82) is 0 Å². The first-order valence-electron chi connectivity index (χ1n) is 6.59. The van der Waals surface area contributed by atoms with Crippen molar-refractivity contribution in [3.05, 3.63) is 0 Å². The fourth-order valence-corrected chi connectivity index (χ4v) is 1.67. The van der Waals surface area contributed by atoms with Gasteiger partial charge in [-0.1, -0.05) is 13.8 Å².